The van der Waals surface area contributed by atoms with Crippen LogP contribution in [0.5, 0.6) is 5.75 Å². The molecule has 1 atom stereocenters. The van der Waals surface area contributed by atoms with Crippen molar-refractivity contribution < 1.29 is 9.90 Å². The van der Waals surface area contributed by atoms with Crippen LogP contribution in [-0.2, 0) is 11.3 Å². The Morgan fingerprint density at radius 2 is 2.05 bits per heavy atom. The third-order valence-corrected chi connectivity index (χ3v) is 2.99. The van der Waals surface area contributed by atoms with Gasteiger partial charge in [0, 0.05) is 6.54 Å². The number of hydrogen-bond donors (Lipinski definition) is 3. The van der Waals surface area contributed by atoms with E-state index in [0.29, 0.717) is 0 Å². The lowest BCUT2D eigenvalue weighted by molar-refractivity contribution is -0.130. The summed E-state index contributed by atoms with van der Waals surface area (Å²) in [6, 6.07) is 6.66. The van der Waals surface area contributed by atoms with Gasteiger partial charge in [-0.3, -0.25) is 9.69 Å². The predicted molar refractivity (Wildman–Crippen MR) is 79.1 cm³/mol. The number of phenolic OH excluding ortho intramolecular Hbond substituents is 1. The second-order valence-electron chi connectivity index (χ2n) is 4.51. The van der Waals surface area contributed by atoms with Crippen LogP contribution in [0.2, 0.25) is 0 Å². The number of aromatic hydroxyl groups is 1. The molecule has 110 valence electrons. The lowest BCUT2D eigenvalue weighted by Gasteiger charge is -2.20. The maximum absolute atomic E-state index is 12.1. The first kappa shape index (κ1) is 16.0. The molecule has 1 heterocycles. The number of phenols is 1. The monoisotopic (exact) mass is 278 g/mol. The summed E-state index contributed by atoms with van der Waals surface area (Å²) >= 11 is 0. The van der Waals surface area contributed by atoms with Crippen LogP contribution in [0.25, 0.3) is 0 Å². The van der Waals surface area contributed by atoms with Crippen molar-refractivity contribution in [3.63, 3.8) is 0 Å². The highest BCUT2D eigenvalue weighted by atomic mass is 16.3. The fourth-order valence-corrected chi connectivity index (χ4v) is 1.88. The van der Waals surface area contributed by atoms with E-state index < -0.39 is 5.54 Å². The largest absolute Gasteiger partial charge is 0.508 e. The molecule has 0 fully saturated rings. The van der Waals surface area contributed by atoms with Gasteiger partial charge in [0.2, 0.25) is 0 Å². The number of benzene rings is 1. The normalized spacial score (nSPS) is 21.3. The number of nitrogens with two attached hydrogens (primary N) is 2. The molecule has 1 aliphatic rings. The van der Waals surface area contributed by atoms with Crippen molar-refractivity contribution in [2.45, 2.75) is 32.9 Å². The van der Waals surface area contributed by atoms with E-state index in [1.807, 2.05) is 13.8 Å². The predicted octanol–water partition coefficient (Wildman–Crippen LogP) is 0.793. The van der Waals surface area contributed by atoms with Crippen LogP contribution in [0.4, 0.5) is 0 Å². The SMILES string of the molecule is CC.CC1(CN)N=C(N)N(Cc2cccc(O)c2)C1=O. The van der Waals surface area contributed by atoms with Gasteiger partial charge < -0.3 is 16.6 Å². The van der Waals surface area contributed by atoms with Gasteiger partial charge in [-0.1, -0.05) is 26.0 Å². The molecule has 0 bridgehead atoms. The Morgan fingerprint density at radius 3 is 2.55 bits per heavy atom. The molecule has 1 amide bonds. The van der Waals surface area contributed by atoms with Crippen molar-refractivity contribution in [1.82, 2.24) is 4.90 Å². The Kier molecular flexibility index (Phi) is 5.10. The first-order valence-corrected chi connectivity index (χ1v) is 6.61. The summed E-state index contributed by atoms with van der Waals surface area (Å²) in [4.78, 5) is 17.6. The summed E-state index contributed by atoms with van der Waals surface area (Å²) in [7, 11) is 0. The number of carbonyl (C=O) groups is 1. The molecule has 1 aromatic carbocycles. The Hall–Kier alpha value is -2.08. The van der Waals surface area contributed by atoms with Crippen LogP contribution < -0.4 is 11.5 Å². The molecule has 6 heteroatoms. The van der Waals surface area contributed by atoms with Crippen LogP contribution in [0.1, 0.15) is 26.3 Å². The van der Waals surface area contributed by atoms with Gasteiger partial charge in [0.1, 0.15) is 5.75 Å². The maximum Gasteiger partial charge on any atom is 0.258 e. The van der Waals surface area contributed by atoms with Crippen LogP contribution in [0, 0.1) is 0 Å². The van der Waals surface area contributed by atoms with Gasteiger partial charge in [0.15, 0.2) is 11.5 Å². The molecule has 0 spiro atoms. The summed E-state index contributed by atoms with van der Waals surface area (Å²) in [5.74, 6) is 0.0957. The third-order valence-electron chi connectivity index (χ3n) is 2.99. The number of rotatable bonds is 3. The average molecular weight is 278 g/mol. The summed E-state index contributed by atoms with van der Waals surface area (Å²) < 4.78 is 0. The Morgan fingerprint density at radius 1 is 1.40 bits per heavy atom. The fourth-order valence-electron chi connectivity index (χ4n) is 1.88. The van der Waals surface area contributed by atoms with Gasteiger partial charge in [0.05, 0.1) is 6.54 Å². The first-order valence-electron chi connectivity index (χ1n) is 6.61. The third kappa shape index (κ3) is 3.08. The first-order chi connectivity index (χ1) is 9.46. The molecule has 2 rings (SSSR count). The van der Waals surface area contributed by atoms with E-state index in [2.05, 4.69) is 4.99 Å². The zero-order chi connectivity index (χ0) is 15.3. The summed E-state index contributed by atoms with van der Waals surface area (Å²) in [6.07, 6.45) is 0. The van der Waals surface area contributed by atoms with Gasteiger partial charge in [0.25, 0.3) is 5.91 Å². The molecular formula is C14H22N4O2. The van der Waals surface area contributed by atoms with Crippen LogP contribution in [-0.4, -0.2) is 34.0 Å². The summed E-state index contributed by atoms with van der Waals surface area (Å²) in [6.45, 7) is 6.05. The Bertz CT molecular complexity index is 516. The molecule has 0 radical (unpaired) electrons. The number of nitrogens with zero attached hydrogens (tertiary/aromatic N) is 2. The number of aliphatic imine (C=N–C) groups is 1. The standard InChI is InChI=1S/C12H16N4O2.C2H6/c1-12(7-13)10(18)16(11(14)15-12)6-8-3-2-4-9(17)5-8;1-2/h2-5,17H,6-7,13H2,1H3,(H2,14,15);1-2H3. The average Bonchev–Trinajstić information content (AvgIpc) is 2.65. The highest BCUT2D eigenvalue weighted by molar-refractivity contribution is 6.06. The van der Waals surface area contributed by atoms with Gasteiger partial charge in [-0.25, -0.2) is 4.99 Å². The van der Waals surface area contributed by atoms with E-state index >= 15 is 0 Å². The van der Waals surface area contributed by atoms with Crippen LogP contribution >= 0.6 is 0 Å². The summed E-state index contributed by atoms with van der Waals surface area (Å²) in [5.41, 5.74) is 11.1. The minimum Gasteiger partial charge on any atom is -0.508 e. The molecule has 6 nitrogen and oxygen atoms in total. The van der Waals surface area contributed by atoms with Crippen LogP contribution in [0.15, 0.2) is 29.3 Å². The minimum atomic E-state index is -0.971. The number of hydrogen-bond acceptors (Lipinski definition) is 5. The van der Waals surface area contributed by atoms with E-state index in [1.54, 1.807) is 31.2 Å². The molecule has 20 heavy (non-hydrogen) atoms. The molecule has 0 aromatic heterocycles. The van der Waals surface area contributed by atoms with Crippen molar-refractivity contribution in [3.8, 4) is 5.75 Å². The van der Waals surface area contributed by atoms with Gasteiger partial charge in [-0.2, -0.15) is 0 Å². The lowest BCUT2D eigenvalue weighted by atomic mass is 10.0. The minimum absolute atomic E-state index is 0.114. The van der Waals surface area contributed by atoms with Crippen molar-refractivity contribution >= 4 is 11.9 Å². The Balaban J connectivity index is 0.000000956. The van der Waals surface area contributed by atoms with Crippen molar-refractivity contribution in [2.24, 2.45) is 16.5 Å². The highest BCUT2D eigenvalue weighted by Gasteiger charge is 2.42. The molecule has 0 saturated carbocycles. The molecule has 5 N–H and O–H groups in total. The highest BCUT2D eigenvalue weighted by Crippen LogP contribution is 2.22. The number of guanidine groups is 1. The Labute approximate surface area is 119 Å². The van der Waals surface area contributed by atoms with E-state index in [0.717, 1.165) is 5.56 Å². The smallest absolute Gasteiger partial charge is 0.258 e. The number of amides is 1. The van der Waals surface area contributed by atoms with Crippen molar-refractivity contribution in [2.75, 3.05) is 6.54 Å². The molecule has 0 aliphatic carbocycles. The van der Waals surface area contributed by atoms with E-state index in [9.17, 15) is 9.90 Å². The molecule has 1 unspecified atom stereocenters. The molecular weight excluding hydrogens is 256 g/mol. The zero-order valence-corrected chi connectivity index (χ0v) is 12.1. The van der Waals surface area contributed by atoms with E-state index in [4.69, 9.17) is 11.5 Å². The summed E-state index contributed by atoms with van der Waals surface area (Å²) in [5, 5.41) is 9.38. The van der Waals surface area contributed by atoms with Gasteiger partial charge in [-0.15, -0.1) is 0 Å². The fraction of sp³-hybridized carbons (Fsp3) is 0.429. The second kappa shape index (κ2) is 6.38. The topological polar surface area (TPSA) is 105 Å². The van der Waals surface area contributed by atoms with Gasteiger partial charge in [-0.05, 0) is 24.6 Å². The molecule has 1 aliphatic heterocycles. The van der Waals surface area contributed by atoms with Crippen LogP contribution in [0.3, 0.4) is 0 Å². The van der Waals surface area contributed by atoms with Gasteiger partial charge >= 0.3 is 0 Å². The van der Waals surface area contributed by atoms with E-state index in [-0.39, 0.29) is 30.7 Å². The van der Waals surface area contributed by atoms with E-state index in [1.165, 1.54) is 4.90 Å². The molecule has 0 saturated heterocycles. The quantitative estimate of drug-likeness (QED) is 0.760. The maximum atomic E-state index is 12.1. The van der Waals surface area contributed by atoms with Crippen molar-refractivity contribution in [1.29, 1.82) is 0 Å². The zero-order valence-electron chi connectivity index (χ0n) is 12.1. The van der Waals surface area contributed by atoms with Crippen molar-refractivity contribution in [3.05, 3.63) is 29.8 Å². The number of carbonyl (C=O) groups excluding carboxylic acids is 1. The molecule has 1 aromatic rings. The second-order valence-corrected chi connectivity index (χ2v) is 4.51. The lowest BCUT2D eigenvalue weighted by Crippen LogP contribution is -2.45.